The third kappa shape index (κ3) is 3.74. The number of aromatic nitrogens is 1. The number of hydrogen-bond acceptors (Lipinski definition) is 3. The molecular formula is C9H13BrN2O. The second-order valence-corrected chi connectivity index (χ2v) is 3.60. The van der Waals surface area contributed by atoms with Gasteiger partial charge in [-0.2, -0.15) is 0 Å². The van der Waals surface area contributed by atoms with E-state index in [1.54, 1.807) is 0 Å². The van der Waals surface area contributed by atoms with Gasteiger partial charge in [-0.1, -0.05) is 13.0 Å². The molecular weight excluding hydrogens is 232 g/mol. The highest BCUT2D eigenvalue weighted by molar-refractivity contribution is 9.10. The predicted octanol–water partition coefficient (Wildman–Crippen LogP) is 2.03. The SMILES string of the molecule is CCC(O)CNc1cccc(Br)n1. The van der Waals surface area contributed by atoms with Gasteiger partial charge in [0.05, 0.1) is 6.10 Å². The molecule has 0 saturated carbocycles. The van der Waals surface area contributed by atoms with Gasteiger partial charge in [0, 0.05) is 6.54 Å². The molecule has 1 aromatic rings. The van der Waals surface area contributed by atoms with Crippen LogP contribution in [0.4, 0.5) is 5.82 Å². The fraction of sp³-hybridized carbons (Fsp3) is 0.444. The van der Waals surface area contributed by atoms with Crippen LogP contribution >= 0.6 is 15.9 Å². The lowest BCUT2D eigenvalue weighted by Crippen LogP contribution is -2.18. The van der Waals surface area contributed by atoms with Gasteiger partial charge in [0.1, 0.15) is 10.4 Å². The van der Waals surface area contributed by atoms with Crippen LogP contribution < -0.4 is 5.32 Å². The quantitative estimate of drug-likeness (QED) is 0.798. The summed E-state index contributed by atoms with van der Waals surface area (Å²) < 4.78 is 0.795. The van der Waals surface area contributed by atoms with E-state index >= 15 is 0 Å². The first-order valence-corrected chi connectivity index (χ1v) is 5.06. The summed E-state index contributed by atoms with van der Waals surface area (Å²) in [6.07, 6.45) is 0.446. The van der Waals surface area contributed by atoms with Gasteiger partial charge in [-0.15, -0.1) is 0 Å². The first kappa shape index (κ1) is 10.5. The molecule has 4 heteroatoms. The molecule has 0 bridgehead atoms. The first-order chi connectivity index (χ1) is 6.22. The van der Waals surface area contributed by atoms with E-state index in [4.69, 9.17) is 0 Å². The molecule has 0 aliphatic carbocycles. The zero-order valence-corrected chi connectivity index (χ0v) is 9.08. The summed E-state index contributed by atoms with van der Waals surface area (Å²) in [4.78, 5) is 4.17. The van der Waals surface area contributed by atoms with Crippen molar-refractivity contribution in [3.63, 3.8) is 0 Å². The Labute approximate surface area is 86.3 Å². The molecule has 1 rings (SSSR count). The van der Waals surface area contributed by atoms with Crippen molar-refractivity contribution in [3.05, 3.63) is 22.8 Å². The monoisotopic (exact) mass is 244 g/mol. The van der Waals surface area contributed by atoms with Gasteiger partial charge in [-0.25, -0.2) is 4.98 Å². The van der Waals surface area contributed by atoms with Gasteiger partial charge >= 0.3 is 0 Å². The van der Waals surface area contributed by atoms with Crippen molar-refractivity contribution >= 4 is 21.7 Å². The van der Waals surface area contributed by atoms with Crippen LogP contribution in [0.5, 0.6) is 0 Å². The van der Waals surface area contributed by atoms with Gasteiger partial charge in [0.25, 0.3) is 0 Å². The number of aliphatic hydroxyl groups excluding tert-OH is 1. The van der Waals surface area contributed by atoms with E-state index in [-0.39, 0.29) is 6.10 Å². The fourth-order valence-electron chi connectivity index (χ4n) is 0.873. The molecule has 3 nitrogen and oxygen atoms in total. The zero-order chi connectivity index (χ0) is 9.68. The molecule has 72 valence electrons. The Balaban J connectivity index is 2.45. The second kappa shape index (κ2) is 5.19. The summed E-state index contributed by atoms with van der Waals surface area (Å²) in [5.41, 5.74) is 0. The standard InChI is InChI=1S/C9H13BrN2O/c1-2-7(13)6-11-9-5-3-4-8(10)12-9/h3-5,7,13H,2,6H2,1H3,(H,11,12). The topological polar surface area (TPSA) is 45.1 Å². The van der Waals surface area contributed by atoms with E-state index in [1.807, 2.05) is 25.1 Å². The number of nitrogens with one attached hydrogen (secondary N) is 1. The fourth-order valence-corrected chi connectivity index (χ4v) is 1.22. The molecule has 0 spiro atoms. The van der Waals surface area contributed by atoms with Crippen molar-refractivity contribution in [1.82, 2.24) is 4.98 Å². The number of anilines is 1. The van der Waals surface area contributed by atoms with Crippen LogP contribution in [-0.4, -0.2) is 22.7 Å². The van der Waals surface area contributed by atoms with Crippen LogP contribution in [0.15, 0.2) is 22.8 Å². The van der Waals surface area contributed by atoms with Crippen molar-refractivity contribution < 1.29 is 5.11 Å². The molecule has 0 amide bonds. The Kier molecular flexibility index (Phi) is 4.18. The van der Waals surface area contributed by atoms with Crippen LogP contribution in [-0.2, 0) is 0 Å². The summed E-state index contributed by atoms with van der Waals surface area (Å²) in [6, 6.07) is 5.63. The van der Waals surface area contributed by atoms with E-state index < -0.39 is 0 Å². The third-order valence-electron chi connectivity index (χ3n) is 1.71. The molecule has 0 fully saturated rings. The highest BCUT2D eigenvalue weighted by atomic mass is 79.9. The maximum Gasteiger partial charge on any atom is 0.127 e. The number of nitrogens with zero attached hydrogens (tertiary/aromatic N) is 1. The molecule has 2 N–H and O–H groups in total. The van der Waals surface area contributed by atoms with E-state index in [1.165, 1.54) is 0 Å². The molecule has 0 aliphatic heterocycles. The lowest BCUT2D eigenvalue weighted by Gasteiger charge is -2.09. The van der Waals surface area contributed by atoms with Crippen LogP contribution in [0.25, 0.3) is 0 Å². The molecule has 1 aromatic heterocycles. The van der Waals surface area contributed by atoms with E-state index in [0.29, 0.717) is 6.54 Å². The molecule has 0 aliphatic rings. The molecule has 1 unspecified atom stereocenters. The smallest absolute Gasteiger partial charge is 0.127 e. The minimum Gasteiger partial charge on any atom is -0.391 e. The maximum atomic E-state index is 9.29. The van der Waals surface area contributed by atoms with Crippen molar-refractivity contribution in [2.24, 2.45) is 0 Å². The number of halogens is 1. The molecule has 1 heterocycles. The Morgan fingerprint density at radius 2 is 2.38 bits per heavy atom. The minimum atomic E-state index is -0.305. The Hall–Kier alpha value is -0.610. The molecule has 0 radical (unpaired) electrons. The van der Waals surface area contributed by atoms with Gasteiger partial charge in [-0.05, 0) is 34.5 Å². The first-order valence-electron chi connectivity index (χ1n) is 4.27. The Morgan fingerprint density at radius 3 is 3.00 bits per heavy atom. The summed E-state index contributed by atoms with van der Waals surface area (Å²) in [6.45, 7) is 2.49. The van der Waals surface area contributed by atoms with Crippen LogP contribution in [0, 0.1) is 0 Å². The largest absolute Gasteiger partial charge is 0.391 e. The number of hydrogen-bond donors (Lipinski definition) is 2. The Bertz CT molecular complexity index is 268. The van der Waals surface area contributed by atoms with Crippen molar-refractivity contribution in [2.75, 3.05) is 11.9 Å². The lowest BCUT2D eigenvalue weighted by molar-refractivity contribution is 0.183. The van der Waals surface area contributed by atoms with Crippen LogP contribution in [0.2, 0.25) is 0 Å². The number of pyridine rings is 1. The van der Waals surface area contributed by atoms with Gasteiger partial charge in [0.2, 0.25) is 0 Å². The zero-order valence-electron chi connectivity index (χ0n) is 7.50. The number of rotatable bonds is 4. The maximum absolute atomic E-state index is 9.29. The van der Waals surface area contributed by atoms with E-state index in [2.05, 4.69) is 26.2 Å². The Morgan fingerprint density at radius 1 is 1.62 bits per heavy atom. The molecule has 0 aromatic carbocycles. The highest BCUT2D eigenvalue weighted by Crippen LogP contribution is 2.09. The summed E-state index contributed by atoms with van der Waals surface area (Å²) in [5, 5.41) is 12.3. The molecule has 0 saturated heterocycles. The lowest BCUT2D eigenvalue weighted by atomic mass is 10.3. The molecule has 1 atom stereocenters. The van der Waals surface area contributed by atoms with E-state index in [0.717, 1.165) is 16.8 Å². The van der Waals surface area contributed by atoms with Crippen molar-refractivity contribution in [1.29, 1.82) is 0 Å². The molecule has 13 heavy (non-hydrogen) atoms. The van der Waals surface area contributed by atoms with Gasteiger partial charge in [-0.3, -0.25) is 0 Å². The van der Waals surface area contributed by atoms with E-state index in [9.17, 15) is 5.11 Å². The van der Waals surface area contributed by atoms with Crippen molar-refractivity contribution in [3.8, 4) is 0 Å². The van der Waals surface area contributed by atoms with Gasteiger partial charge < -0.3 is 10.4 Å². The van der Waals surface area contributed by atoms with Crippen molar-refractivity contribution in [2.45, 2.75) is 19.4 Å². The third-order valence-corrected chi connectivity index (χ3v) is 2.15. The predicted molar refractivity (Wildman–Crippen MR) is 56.7 cm³/mol. The summed E-state index contributed by atoms with van der Waals surface area (Å²) in [7, 11) is 0. The summed E-state index contributed by atoms with van der Waals surface area (Å²) >= 11 is 3.27. The summed E-state index contributed by atoms with van der Waals surface area (Å²) in [5.74, 6) is 0.780. The number of aliphatic hydroxyl groups is 1. The average molecular weight is 245 g/mol. The average Bonchev–Trinajstić information content (AvgIpc) is 2.14. The van der Waals surface area contributed by atoms with Crippen LogP contribution in [0.1, 0.15) is 13.3 Å². The highest BCUT2D eigenvalue weighted by Gasteiger charge is 2.00. The van der Waals surface area contributed by atoms with Gasteiger partial charge in [0.15, 0.2) is 0 Å². The normalized spacial score (nSPS) is 12.5. The second-order valence-electron chi connectivity index (χ2n) is 2.79. The van der Waals surface area contributed by atoms with Crippen LogP contribution in [0.3, 0.4) is 0 Å². The minimum absolute atomic E-state index is 0.305.